The average Bonchev–Trinajstić information content (AvgIpc) is 2.88. The zero-order chi connectivity index (χ0) is 29.3. The fourth-order valence-corrected chi connectivity index (χ4v) is 2.34. The Labute approximate surface area is 220 Å². The quantitative estimate of drug-likeness (QED) is 0.149. The summed E-state index contributed by atoms with van der Waals surface area (Å²) in [4.78, 5) is 4.09. The van der Waals surface area contributed by atoms with Crippen LogP contribution in [0.1, 0.15) is 88.6 Å². The van der Waals surface area contributed by atoms with E-state index in [0.717, 1.165) is 11.3 Å². The minimum Gasteiger partial charge on any atom is -0.488 e. The molecule has 0 aromatic heterocycles. The lowest BCUT2D eigenvalue weighted by molar-refractivity contribution is 0.254. The molecule has 0 saturated heterocycles. The highest BCUT2D eigenvalue weighted by molar-refractivity contribution is 6.00. The molecular weight excluding hydrogens is 456 g/mol. The van der Waals surface area contributed by atoms with E-state index in [9.17, 15) is 8.78 Å². The third kappa shape index (κ3) is 19.4. The monoisotopic (exact) mass is 507 g/mol. The van der Waals surface area contributed by atoms with Crippen LogP contribution in [0.3, 0.4) is 0 Å². The van der Waals surface area contributed by atoms with Crippen molar-refractivity contribution < 1.29 is 13.5 Å². The number of aliphatic imine (C=N–C) groups is 1. The number of nitrogens with zero attached hydrogens (tertiary/aromatic N) is 3. The predicted octanol–water partition coefficient (Wildman–Crippen LogP) is 9.78. The Balaban J connectivity index is -0.000000579. The lowest BCUT2D eigenvalue weighted by Gasteiger charge is -2.25. The number of halogens is 2. The van der Waals surface area contributed by atoms with Gasteiger partial charge in [-0.15, -0.1) is 0 Å². The first-order valence-corrected chi connectivity index (χ1v) is 12.5. The van der Waals surface area contributed by atoms with Crippen molar-refractivity contribution >= 4 is 17.1 Å². The van der Waals surface area contributed by atoms with Gasteiger partial charge in [0.05, 0.1) is 24.3 Å². The summed E-state index contributed by atoms with van der Waals surface area (Å²) in [5, 5.41) is 8.48. The van der Waals surface area contributed by atoms with Crippen LogP contribution in [0.4, 0.5) is 8.78 Å². The van der Waals surface area contributed by atoms with Crippen molar-refractivity contribution in [2.45, 2.75) is 83.1 Å². The molecule has 4 nitrogen and oxygen atoms in total. The van der Waals surface area contributed by atoms with Crippen LogP contribution < -0.4 is 0 Å². The highest BCUT2D eigenvalue weighted by Crippen LogP contribution is 2.31. The van der Waals surface area contributed by atoms with Crippen molar-refractivity contribution in [2.24, 2.45) is 20.6 Å². The topological polar surface area (TPSA) is 46.3 Å². The van der Waals surface area contributed by atoms with Crippen LogP contribution >= 0.6 is 0 Å². The Bertz CT molecular complexity index is 846. The van der Waals surface area contributed by atoms with Gasteiger partial charge in [0.1, 0.15) is 18.2 Å². The maximum atomic E-state index is 13.4. The zero-order valence-corrected chi connectivity index (χ0v) is 25.1. The van der Waals surface area contributed by atoms with Gasteiger partial charge in [0, 0.05) is 17.3 Å². The molecule has 0 aliphatic heterocycles. The molecule has 36 heavy (non-hydrogen) atoms. The molecular formula is C30H51F2N3O. The van der Waals surface area contributed by atoms with Crippen molar-refractivity contribution in [2.75, 3.05) is 13.8 Å². The van der Waals surface area contributed by atoms with Gasteiger partial charge in [-0.3, -0.25) is 9.38 Å². The molecule has 0 amide bonds. The van der Waals surface area contributed by atoms with E-state index < -0.39 is 0 Å². The summed E-state index contributed by atoms with van der Waals surface area (Å²) in [6.07, 6.45) is 3.39. The second-order valence-corrected chi connectivity index (χ2v) is 7.50. The maximum absolute atomic E-state index is 13.4. The van der Waals surface area contributed by atoms with Gasteiger partial charge in [0.2, 0.25) is 0 Å². The molecule has 0 atom stereocenters. The van der Waals surface area contributed by atoms with E-state index in [4.69, 9.17) is 4.74 Å². The molecule has 6 heteroatoms. The van der Waals surface area contributed by atoms with Crippen LogP contribution in [0.2, 0.25) is 0 Å². The Hall–Kier alpha value is -2.89. The second-order valence-electron chi connectivity index (χ2n) is 7.50. The summed E-state index contributed by atoms with van der Waals surface area (Å²) in [6, 6.07) is 6.28. The van der Waals surface area contributed by atoms with Crippen molar-refractivity contribution in [3.05, 3.63) is 72.4 Å². The summed E-state index contributed by atoms with van der Waals surface area (Å²) in [6.45, 7) is 31.7. The molecule has 0 N–H and O–H groups in total. The summed E-state index contributed by atoms with van der Waals surface area (Å²) < 4.78 is 28.6. The maximum Gasteiger partial charge on any atom is 0.126 e. The standard InChI is InChI=1S/C23H30FN3O.3C2H6.CH3F/c1-9-25-17(3)15-28-19(5)22(23(6,7)8)13-16(2)26-27-18(4)20-11-10-12-21(24)14-20;4*1-2/h9-14H,1,5,15H2,2-4,6-8H3;3*1-2H3;1H3/b22-13+,25-17?,26-16+,27-18+;;;;. The molecule has 0 saturated carbocycles. The van der Waals surface area contributed by atoms with Gasteiger partial charge in [0.25, 0.3) is 0 Å². The highest BCUT2D eigenvalue weighted by atomic mass is 19.1. The minimum atomic E-state index is -0.300. The Kier molecular flexibility index (Phi) is 28.2. The van der Waals surface area contributed by atoms with Gasteiger partial charge >= 0.3 is 0 Å². The minimum absolute atomic E-state index is 0.196. The van der Waals surface area contributed by atoms with E-state index in [2.05, 4.69) is 49.1 Å². The number of ether oxygens (including phenoxy) is 1. The average molecular weight is 508 g/mol. The lowest BCUT2D eigenvalue weighted by Crippen LogP contribution is -2.16. The Morgan fingerprint density at radius 1 is 0.972 bits per heavy atom. The van der Waals surface area contributed by atoms with Crippen LogP contribution in [-0.4, -0.2) is 30.9 Å². The summed E-state index contributed by atoms with van der Waals surface area (Å²) in [5.74, 6) is 0.262. The third-order valence-corrected chi connectivity index (χ3v) is 3.83. The summed E-state index contributed by atoms with van der Waals surface area (Å²) in [5.41, 5.74) is 3.56. The largest absolute Gasteiger partial charge is 0.488 e. The van der Waals surface area contributed by atoms with Crippen LogP contribution in [0, 0.1) is 11.2 Å². The summed E-state index contributed by atoms with van der Waals surface area (Å²) in [7, 11) is 0.500. The first kappa shape index (κ1) is 40.3. The van der Waals surface area contributed by atoms with Crippen molar-refractivity contribution in [1.82, 2.24) is 0 Å². The summed E-state index contributed by atoms with van der Waals surface area (Å²) >= 11 is 0. The Morgan fingerprint density at radius 2 is 1.50 bits per heavy atom. The molecule has 0 aliphatic rings. The van der Waals surface area contributed by atoms with Crippen LogP contribution in [0.5, 0.6) is 0 Å². The smallest absolute Gasteiger partial charge is 0.126 e. The van der Waals surface area contributed by atoms with Gasteiger partial charge in [0.15, 0.2) is 0 Å². The predicted molar refractivity (Wildman–Crippen MR) is 159 cm³/mol. The van der Waals surface area contributed by atoms with Crippen molar-refractivity contribution in [3.63, 3.8) is 0 Å². The number of rotatable bonds is 8. The molecule has 1 aromatic carbocycles. The molecule has 0 fully saturated rings. The number of alkyl halides is 1. The number of benzene rings is 1. The third-order valence-electron chi connectivity index (χ3n) is 3.83. The van der Waals surface area contributed by atoms with E-state index in [1.165, 1.54) is 18.3 Å². The number of hydrogen-bond acceptors (Lipinski definition) is 4. The van der Waals surface area contributed by atoms with Crippen LogP contribution in [-0.2, 0) is 4.74 Å². The molecule has 0 heterocycles. The zero-order valence-electron chi connectivity index (χ0n) is 25.1. The molecule has 0 spiro atoms. The van der Waals surface area contributed by atoms with Gasteiger partial charge < -0.3 is 4.74 Å². The lowest BCUT2D eigenvalue weighted by atomic mass is 9.84. The molecule has 1 aromatic rings. The highest BCUT2D eigenvalue weighted by Gasteiger charge is 2.21. The van der Waals surface area contributed by atoms with E-state index in [1.807, 2.05) is 61.5 Å². The van der Waals surface area contributed by atoms with E-state index >= 15 is 0 Å². The van der Waals surface area contributed by atoms with Crippen molar-refractivity contribution in [1.29, 1.82) is 0 Å². The van der Waals surface area contributed by atoms with Crippen molar-refractivity contribution in [3.8, 4) is 0 Å². The van der Waals surface area contributed by atoms with Gasteiger partial charge in [-0.2, -0.15) is 10.2 Å². The Morgan fingerprint density at radius 3 is 1.94 bits per heavy atom. The molecule has 206 valence electrons. The molecule has 1 rings (SSSR count). The molecule has 0 bridgehead atoms. The SMILES string of the molecule is C=CN=C(C)COC(=C)\C(=C/C(C)=N/N=C(\C)c1cccc(F)c1)C(C)(C)C.CC.CC.CC.CF. The fourth-order valence-electron chi connectivity index (χ4n) is 2.34. The van der Waals surface area contributed by atoms with E-state index in [1.54, 1.807) is 19.1 Å². The van der Waals surface area contributed by atoms with Gasteiger partial charge in [-0.25, -0.2) is 4.39 Å². The van der Waals surface area contributed by atoms with Gasteiger partial charge in [-0.05, 0) is 44.4 Å². The number of allylic oxidation sites excluding steroid dienone is 2. The molecule has 0 aliphatic carbocycles. The number of hydrogen-bond donors (Lipinski definition) is 0. The van der Waals surface area contributed by atoms with Crippen LogP contribution in [0.25, 0.3) is 0 Å². The molecule has 0 radical (unpaired) electrons. The van der Waals surface area contributed by atoms with E-state index in [0.29, 0.717) is 36.5 Å². The second kappa shape index (κ2) is 25.2. The van der Waals surface area contributed by atoms with E-state index in [-0.39, 0.29) is 11.2 Å². The van der Waals surface area contributed by atoms with Crippen LogP contribution in [0.15, 0.2) is 76.2 Å². The molecule has 0 unspecified atom stereocenters. The first-order valence-electron chi connectivity index (χ1n) is 12.5. The fraction of sp³-hybridized carbons (Fsp3) is 0.500. The first-order chi connectivity index (χ1) is 17.0. The normalized spacial score (nSPS) is 11.6. The van der Waals surface area contributed by atoms with Gasteiger partial charge in [-0.1, -0.05) is 87.6 Å².